The van der Waals surface area contributed by atoms with Crippen LogP contribution in [0.25, 0.3) is 0 Å². The summed E-state index contributed by atoms with van der Waals surface area (Å²) in [4.78, 5) is 32.6. The molecule has 5 nitrogen and oxygen atoms in total. The average Bonchev–Trinajstić information content (AvgIpc) is 3.40. The highest BCUT2D eigenvalue weighted by molar-refractivity contribution is 7.10. The number of anilines is 1. The minimum absolute atomic E-state index is 0.0125. The number of aryl methyl sites for hydroxylation is 1. The molecule has 2 amide bonds. The van der Waals surface area contributed by atoms with Gasteiger partial charge in [0, 0.05) is 42.3 Å². The summed E-state index contributed by atoms with van der Waals surface area (Å²) >= 11 is 1.61. The largest absolute Gasteiger partial charge is 0.372 e. The van der Waals surface area contributed by atoms with Crippen molar-refractivity contribution in [1.82, 2.24) is 10.2 Å². The third-order valence-corrected chi connectivity index (χ3v) is 7.71. The van der Waals surface area contributed by atoms with Gasteiger partial charge in [-0.25, -0.2) is 0 Å². The van der Waals surface area contributed by atoms with Crippen molar-refractivity contribution in [3.8, 4) is 0 Å². The fourth-order valence-electron chi connectivity index (χ4n) is 5.13. The highest BCUT2D eigenvalue weighted by Crippen LogP contribution is 2.44. The summed E-state index contributed by atoms with van der Waals surface area (Å²) in [7, 11) is 0. The number of amides is 2. The van der Waals surface area contributed by atoms with E-state index in [0.717, 1.165) is 30.0 Å². The van der Waals surface area contributed by atoms with E-state index in [-0.39, 0.29) is 17.9 Å². The van der Waals surface area contributed by atoms with Crippen molar-refractivity contribution in [1.29, 1.82) is 0 Å². The first-order valence-electron chi connectivity index (χ1n) is 12.9. The van der Waals surface area contributed by atoms with E-state index in [2.05, 4.69) is 62.2 Å². The standard InChI is InChI=1S/C30H37N3O2S/c1-5-32(23-12-8-11-22(4)19-23)17-10-16-31-29(34)27-24-13-6-7-14-25(24)30(35)33(20-21(2)3)28(27)26-15-9-18-36-26/h6-9,11-15,18-19,21,27-28H,5,10,16-17,20H2,1-4H3,(H,31,34)/t27-,28-/m1/s1. The molecule has 0 unspecified atom stereocenters. The molecule has 0 saturated heterocycles. The topological polar surface area (TPSA) is 52.7 Å². The SMILES string of the molecule is CCN(CCCNC(=O)[C@@H]1c2ccccc2C(=O)N(CC(C)C)[C@@H]1c1cccs1)c1cccc(C)c1. The van der Waals surface area contributed by atoms with Crippen molar-refractivity contribution in [2.75, 3.05) is 31.1 Å². The number of nitrogens with zero attached hydrogens (tertiary/aromatic N) is 2. The Hall–Kier alpha value is -3.12. The van der Waals surface area contributed by atoms with Crippen LogP contribution in [-0.2, 0) is 4.79 Å². The Bertz CT molecular complexity index is 1170. The minimum atomic E-state index is -0.435. The Morgan fingerprint density at radius 1 is 1.11 bits per heavy atom. The van der Waals surface area contributed by atoms with Gasteiger partial charge < -0.3 is 15.1 Å². The molecule has 0 spiro atoms. The van der Waals surface area contributed by atoms with Gasteiger partial charge in [0.2, 0.25) is 5.91 Å². The Morgan fingerprint density at radius 2 is 1.92 bits per heavy atom. The predicted octanol–water partition coefficient (Wildman–Crippen LogP) is 6.03. The van der Waals surface area contributed by atoms with E-state index in [1.54, 1.807) is 11.3 Å². The Labute approximate surface area is 219 Å². The van der Waals surface area contributed by atoms with E-state index in [1.807, 2.05) is 46.7 Å². The van der Waals surface area contributed by atoms with E-state index in [1.165, 1.54) is 11.3 Å². The molecule has 1 aliphatic heterocycles. The molecule has 0 saturated carbocycles. The lowest BCUT2D eigenvalue weighted by atomic mass is 9.81. The molecule has 0 bridgehead atoms. The monoisotopic (exact) mass is 503 g/mol. The molecule has 1 aromatic heterocycles. The Morgan fingerprint density at radius 3 is 2.61 bits per heavy atom. The van der Waals surface area contributed by atoms with Crippen LogP contribution in [0.2, 0.25) is 0 Å². The summed E-state index contributed by atoms with van der Waals surface area (Å²) in [5, 5.41) is 5.24. The van der Waals surface area contributed by atoms with Crippen LogP contribution in [0.5, 0.6) is 0 Å². The van der Waals surface area contributed by atoms with Gasteiger partial charge >= 0.3 is 0 Å². The zero-order valence-electron chi connectivity index (χ0n) is 21.7. The first-order chi connectivity index (χ1) is 17.4. The smallest absolute Gasteiger partial charge is 0.254 e. The number of nitrogens with one attached hydrogen (secondary N) is 1. The molecule has 0 fully saturated rings. The molecule has 1 aliphatic rings. The third-order valence-electron chi connectivity index (χ3n) is 6.77. The second-order valence-electron chi connectivity index (χ2n) is 9.94. The molecule has 4 rings (SSSR count). The van der Waals surface area contributed by atoms with Crippen LogP contribution >= 0.6 is 11.3 Å². The number of rotatable bonds is 10. The molecule has 190 valence electrons. The van der Waals surface area contributed by atoms with Crippen molar-refractivity contribution >= 4 is 28.8 Å². The van der Waals surface area contributed by atoms with E-state index in [4.69, 9.17) is 0 Å². The van der Waals surface area contributed by atoms with Crippen molar-refractivity contribution in [3.05, 3.63) is 87.6 Å². The van der Waals surface area contributed by atoms with Gasteiger partial charge in [-0.05, 0) is 67.0 Å². The lowest BCUT2D eigenvalue weighted by Crippen LogP contribution is -2.48. The van der Waals surface area contributed by atoms with Crippen molar-refractivity contribution in [3.63, 3.8) is 0 Å². The maximum absolute atomic E-state index is 13.8. The molecule has 3 aromatic rings. The molecule has 0 radical (unpaired) electrons. The lowest BCUT2D eigenvalue weighted by molar-refractivity contribution is -0.124. The van der Waals surface area contributed by atoms with Crippen LogP contribution < -0.4 is 10.2 Å². The summed E-state index contributed by atoms with van der Waals surface area (Å²) in [6.07, 6.45) is 0.847. The van der Waals surface area contributed by atoms with Crippen LogP contribution in [0, 0.1) is 12.8 Å². The highest BCUT2D eigenvalue weighted by atomic mass is 32.1. The number of carbonyl (C=O) groups excluding carboxylic acids is 2. The maximum atomic E-state index is 13.8. The van der Waals surface area contributed by atoms with Gasteiger partial charge in [0.25, 0.3) is 5.91 Å². The molecular formula is C30H37N3O2S. The third kappa shape index (κ3) is 5.65. The van der Waals surface area contributed by atoms with Gasteiger partial charge in [0.15, 0.2) is 0 Å². The van der Waals surface area contributed by atoms with E-state index in [0.29, 0.717) is 24.6 Å². The lowest BCUT2D eigenvalue weighted by Gasteiger charge is -2.42. The normalized spacial score (nSPS) is 17.2. The molecule has 2 heterocycles. The van der Waals surface area contributed by atoms with Crippen molar-refractivity contribution in [2.45, 2.75) is 46.1 Å². The molecule has 2 aromatic carbocycles. The zero-order chi connectivity index (χ0) is 25.7. The summed E-state index contributed by atoms with van der Waals surface area (Å²) in [6, 6.07) is 19.9. The minimum Gasteiger partial charge on any atom is -0.372 e. The van der Waals surface area contributed by atoms with Gasteiger partial charge in [-0.15, -0.1) is 11.3 Å². The van der Waals surface area contributed by atoms with Crippen molar-refractivity contribution in [2.24, 2.45) is 5.92 Å². The fourth-order valence-corrected chi connectivity index (χ4v) is 6.01. The van der Waals surface area contributed by atoms with Gasteiger partial charge in [0.05, 0.1) is 12.0 Å². The number of hydrogen-bond donors (Lipinski definition) is 1. The highest BCUT2D eigenvalue weighted by Gasteiger charge is 2.44. The summed E-state index contributed by atoms with van der Waals surface area (Å²) in [5.41, 5.74) is 3.93. The molecular weight excluding hydrogens is 466 g/mol. The predicted molar refractivity (Wildman–Crippen MR) is 149 cm³/mol. The zero-order valence-corrected chi connectivity index (χ0v) is 22.6. The summed E-state index contributed by atoms with van der Waals surface area (Å²) in [6.45, 7) is 11.5. The second kappa shape index (κ2) is 11.7. The molecule has 1 N–H and O–H groups in total. The van der Waals surface area contributed by atoms with Gasteiger partial charge in [-0.1, -0.05) is 50.2 Å². The second-order valence-corrected chi connectivity index (χ2v) is 10.9. The number of thiophene rings is 1. The number of carbonyl (C=O) groups is 2. The molecule has 6 heteroatoms. The first kappa shape index (κ1) is 26.0. The fraction of sp³-hybridized carbons (Fsp3) is 0.400. The summed E-state index contributed by atoms with van der Waals surface area (Å²) < 4.78 is 0. The van der Waals surface area contributed by atoms with Gasteiger partial charge in [-0.2, -0.15) is 0 Å². The van der Waals surface area contributed by atoms with Crippen LogP contribution in [0.15, 0.2) is 66.0 Å². The Balaban J connectivity index is 1.53. The van der Waals surface area contributed by atoms with Gasteiger partial charge in [-0.3, -0.25) is 9.59 Å². The quantitative estimate of drug-likeness (QED) is 0.344. The summed E-state index contributed by atoms with van der Waals surface area (Å²) in [5.74, 6) is -0.137. The molecule has 0 aliphatic carbocycles. The van der Waals surface area contributed by atoms with Crippen LogP contribution in [-0.4, -0.2) is 42.9 Å². The van der Waals surface area contributed by atoms with Crippen LogP contribution in [0.3, 0.4) is 0 Å². The first-order valence-corrected chi connectivity index (χ1v) is 13.8. The maximum Gasteiger partial charge on any atom is 0.254 e. The molecule has 2 atom stereocenters. The number of hydrogen-bond acceptors (Lipinski definition) is 4. The number of benzene rings is 2. The van der Waals surface area contributed by atoms with Crippen LogP contribution in [0.4, 0.5) is 5.69 Å². The molecule has 36 heavy (non-hydrogen) atoms. The van der Waals surface area contributed by atoms with Gasteiger partial charge in [0.1, 0.15) is 0 Å². The van der Waals surface area contributed by atoms with E-state index in [9.17, 15) is 9.59 Å². The van der Waals surface area contributed by atoms with Crippen LogP contribution in [0.1, 0.15) is 65.5 Å². The average molecular weight is 504 g/mol. The van der Waals surface area contributed by atoms with E-state index < -0.39 is 5.92 Å². The Kier molecular flexibility index (Phi) is 8.47. The van der Waals surface area contributed by atoms with E-state index >= 15 is 0 Å². The van der Waals surface area contributed by atoms with Crippen molar-refractivity contribution < 1.29 is 9.59 Å². The number of fused-ring (bicyclic) bond motifs is 1.